The first-order chi connectivity index (χ1) is 15.3. The minimum atomic E-state index is -4.50. The number of urea groups is 1. The van der Waals surface area contributed by atoms with E-state index >= 15 is 0 Å². The van der Waals surface area contributed by atoms with Crippen molar-refractivity contribution in [2.24, 2.45) is 5.11 Å². The molecule has 0 saturated carbocycles. The predicted octanol–water partition coefficient (Wildman–Crippen LogP) is 5.82. The first-order valence-corrected chi connectivity index (χ1v) is 9.27. The Labute approximate surface area is 179 Å². The van der Waals surface area contributed by atoms with E-state index in [1.165, 1.54) is 29.4 Å². The predicted molar refractivity (Wildman–Crippen MR) is 109 cm³/mol. The average molecular weight is 441 g/mol. The van der Waals surface area contributed by atoms with Crippen LogP contribution in [0, 0.1) is 0 Å². The van der Waals surface area contributed by atoms with Crippen LogP contribution in [0.3, 0.4) is 0 Å². The van der Waals surface area contributed by atoms with E-state index in [9.17, 15) is 18.0 Å². The fraction of sp³-hybridized carbons (Fsp3) is 0.150. The maximum atomic E-state index is 12.9. The monoisotopic (exact) mass is 441 g/mol. The maximum absolute atomic E-state index is 12.9. The number of carbonyl (C=O) groups excluding carboxylic acids is 1. The molecule has 4 rings (SSSR count). The number of ether oxygens (including phenoxy) is 1. The van der Waals surface area contributed by atoms with Gasteiger partial charge in [-0.2, -0.15) is 13.2 Å². The Bertz CT molecular complexity index is 1230. The molecule has 0 radical (unpaired) electrons. The number of alkyl halides is 3. The molecule has 0 aliphatic carbocycles. The Hall–Kier alpha value is -4.31. The SMILES string of the molecule is [N-]=[N+]=Nc1cc(Oc2ccc3c(c2)CCN3C(=O)Nc2cccc(C(F)(F)F)c2)ncn1. The highest BCUT2D eigenvalue weighted by atomic mass is 19.4. The van der Waals surface area contributed by atoms with E-state index in [2.05, 4.69) is 25.3 Å². The van der Waals surface area contributed by atoms with Crippen LogP contribution in [0.2, 0.25) is 0 Å². The molecular formula is C20H14F3N7O2. The minimum absolute atomic E-state index is 0.0535. The fourth-order valence-corrected chi connectivity index (χ4v) is 3.22. The van der Waals surface area contributed by atoms with Crippen LogP contribution in [0.5, 0.6) is 11.6 Å². The molecule has 1 N–H and O–H groups in total. The highest BCUT2D eigenvalue weighted by Gasteiger charge is 2.31. The zero-order valence-electron chi connectivity index (χ0n) is 16.2. The van der Waals surface area contributed by atoms with Crippen molar-refractivity contribution >= 4 is 23.2 Å². The number of hydrogen-bond donors (Lipinski definition) is 1. The second kappa shape index (κ2) is 8.44. The molecule has 32 heavy (non-hydrogen) atoms. The average Bonchev–Trinajstić information content (AvgIpc) is 3.17. The van der Waals surface area contributed by atoms with Gasteiger partial charge in [-0.15, -0.1) is 0 Å². The normalized spacial score (nSPS) is 12.7. The van der Waals surface area contributed by atoms with E-state index in [-0.39, 0.29) is 17.4 Å². The first kappa shape index (κ1) is 20.9. The third kappa shape index (κ3) is 4.55. The van der Waals surface area contributed by atoms with Crippen LogP contribution in [0.4, 0.5) is 35.2 Å². The number of benzene rings is 2. The highest BCUT2D eigenvalue weighted by molar-refractivity contribution is 6.03. The molecule has 0 spiro atoms. The van der Waals surface area contributed by atoms with Gasteiger partial charge in [-0.3, -0.25) is 4.90 Å². The van der Waals surface area contributed by atoms with E-state index < -0.39 is 17.8 Å². The minimum Gasteiger partial charge on any atom is -0.439 e. The number of fused-ring (bicyclic) bond motifs is 1. The van der Waals surface area contributed by atoms with Gasteiger partial charge < -0.3 is 10.1 Å². The maximum Gasteiger partial charge on any atom is 0.416 e. The summed E-state index contributed by atoms with van der Waals surface area (Å²) in [5.41, 5.74) is 9.15. The van der Waals surface area contributed by atoms with E-state index in [4.69, 9.17) is 10.3 Å². The number of amides is 2. The molecule has 1 aliphatic heterocycles. The Morgan fingerprint density at radius 1 is 1.19 bits per heavy atom. The van der Waals surface area contributed by atoms with Crippen LogP contribution < -0.4 is 15.0 Å². The van der Waals surface area contributed by atoms with Crippen LogP contribution in [0.1, 0.15) is 11.1 Å². The third-order valence-corrected chi connectivity index (χ3v) is 4.63. The van der Waals surface area contributed by atoms with Gasteiger partial charge >= 0.3 is 12.2 Å². The summed E-state index contributed by atoms with van der Waals surface area (Å²) >= 11 is 0. The van der Waals surface area contributed by atoms with Crippen LogP contribution >= 0.6 is 0 Å². The van der Waals surface area contributed by atoms with Crippen molar-refractivity contribution in [3.8, 4) is 11.6 Å². The molecule has 12 heteroatoms. The Morgan fingerprint density at radius 2 is 2.03 bits per heavy atom. The lowest BCUT2D eigenvalue weighted by atomic mass is 10.1. The van der Waals surface area contributed by atoms with E-state index in [0.29, 0.717) is 24.4 Å². The zero-order valence-corrected chi connectivity index (χ0v) is 16.2. The topological polar surface area (TPSA) is 116 Å². The molecule has 0 bridgehead atoms. The number of rotatable bonds is 4. The molecule has 1 aliphatic rings. The van der Waals surface area contributed by atoms with Crippen molar-refractivity contribution in [1.82, 2.24) is 9.97 Å². The molecule has 0 unspecified atom stereocenters. The van der Waals surface area contributed by atoms with E-state index in [1.54, 1.807) is 18.2 Å². The van der Waals surface area contributed by atoms with Crippen LogP contribution in [-0.4, -0.2) is 22.5 Å². The van der Waals surface area contributed by atoms with Crippen molar-refractivity contribution < 1.29 is 22.7 Å². The van der Waals surface area contributed by atoms with Gasteiger partial charge in [-0.25, -0.2) is 14.8 Å². The summed E-state index contributed by atoms with van der Waals surface area (Å²) < 4.78 is 44.3. The number of halogens is 3. The first-order valence-electron chi connectivity index (χ1n) is 9.27. The Balaban J connectivity index is 1.48. The molecule has 162 valence electrons. The van der Waals surface area contributed by atoms with E-state index in [1.807, 2.05) is 0 Å². The quantitative estimate of drug-likeness (QED) is 0.312. The zero-order chi connectivity index (χ0) is 22.7. The smallest absolute Gasteiger partial charge is 0.416 e. The van der Waals surface area contributed by atoms with Crippen LogP contribution in [-0.2, 0) is 12.6 Å². The molecule has 2 aromatic carbocycles. The molecular weight excluding hydrogens is 427 g/mol. The summed E-state index contributed by atoms with van der Waals surface area (Å²) in [6.07, 6.45) is -2.76. The molecule has 0 fully saturated rings. The number of nitrogens with zero attached hydrogens (tertiary/aromatic N) is 6. The largest absolute Gasteiger partial charge is 0.439 e. The van der Waals surface area contributed by atoms with Crippen molar-refractivity contribution in [3.63, 3.8) is 0 Å². The Morgan fingerprint density at radius 3 is 2.81 bits per heavy atom. The number of anilines is 2. The summed E-state index contributed by atoms with van der Waals surface area (Å²) in [6, 6.07) is 10.3. The van der Waals surface area contributed by atoms with Crippen molar-refractivity contribution in [3.05, 3.63) is 76.4 Å². The lowest BCUT2D eigenvalue weighted by Crippen LogP contribution is -2.33. The molecule has 2 heterocycles. The third-order valence-electron chi connectivity index (χ3n) is 4.63. The molecule has 0 atom stereocenters. The van der Waals surface area contributed by atoms with Gasteiger partial charge in [0.25, 0.3) is 0 Å². The number of hydrogen-bond acceptors (Lipinski definition) is 5. The van der Waals surface area contributed by atoms with Gasteiger partial charge in [0.15, 0.2) is 0 Å². The standard InChI is InChI=1S/C20H14F3N7O2/c21-20(22,23)13-2-1-3-14(9-13)27-19(31)30-7-6-12-8-15(4-5-16(12)30)32-18-10-17(28-29-24)25-11-26-18/h1-5,8-11H,6-7H2,(H,27,31). The lowest BCUT2D eigenvalue weighted by molar-refractivity contribution is -0.137. The number of carbonyl (C=O) groups is 1. The number of aromatic nitrogens is 2. The van der Waals surface area contributed by atoms with Gasteiger partial charge in [-0.05, 0) is 59.0 Å². The molecule has 0 saturated heterocycles. The second-order valence-corrected chi connectivity index (χ2v) is 6.71. The molecule has 3 aromatic rings. The summed E-state index contributed by atoms with van der Waals surface area (Å²) in [7, 11) is 0. The van der Waals surface area contributed by atoms with Crippen molar-refractivity contribution in [2.45, 2.75) is 12.6 Å². The molecule has 9 nitrogen and oxygen atoms in total. The summed E-state index contributed by atoms with van der Waals surface area (Å²) in [6.45, 7) is 0.359. The van der Waals surface area contributed by atoms with Crippen molar-refractivity contribution in [2.75, 3.05) is 16.8 Å². The number of nitrogens with one attached hydrogen (secondary N) is 1. The lowest BCUT2D eigenvalue weighted by Gasteiger charge is -2.19. The summed E-state index contributed by atoms with van der Waals surface area (Å²) in [4.78, 5) is 24.5. The van der Waals surface area contributed by atoms with Gasteiger partial charge in [0.1, 0.15) is 17.9 Å². The van der Waals surface area contributed by atoms with Crippen LogP contribution in [0.15, 0.2) is 60.0 Å². The molecule has 2 amide bonds. The molecule has 1 aromatic heterocycles. The Kier molecular flexibility index (Phi) is 5.52. The van der Waals surface area contributed by atoms with E-state index in [0.717, 1.165) is 17.7 Å². The van der Waals surface area contributed by atoms with Gasteiger partial charge in [0, 0.05) is 28.9 Å². The summed E-state index contributed by atoms with van der Waals surface area (Å²) in [5.74, 6) is 0.741. The summed E-state index contributed by atoms with van der Waals surface area (Å²) in [5, 5.41) is 5.89. The second-order valence-electron chi connectivity index (χ2n) is 6.71. The fourth-order valence-electron chi connectivity index (χ4n) is 3.22. The van der Waals surface area contributed by atoms with Crippen LogP contribution in [0.25, 0.3) is 10.4 Å². The van der Waals surface area contributed by atoms with Gasteiger partial charge in [0.05, 0.1) is 5.56 Å². The van der Waals surface area contributed by atoms with Gasteiger partial charge in [-0.1, -0.05) is 6.07 Å². The highest BCUT2D eigenvalue weighted by Crippen LogP contribution is 2.34. The van der Waals surface area contributed by atoms with Crippen molar-refractivity contribution in [1.29, 1.82) is 0 Å². The van der Waals surface area contributed by atoms with Gasteiger partial charge in [0.2, 0.25) is 5.88 Å². The number of azide groups is 1.